The number of aromatic nitrogens is 1. The lowest BCUT2D eigenvalue weighted by atomic mass is 10.0. The van der Waals surface area contributed by atoms with E-state index in [9.17, 15) is 13.2 Å². The van der Waals surface area contributed by atoms with Crippen LogP contribution >= 0.6 is 0 Å². The van der Waals surface area contributed by atoms with Crippen LogP contribution in [0.3, 0.4) is 0 Å². The summed E-state index contributed by atoms with van der Waals surface area (Å²) in [5, 5.41) is 3.73. The molecule has 0 aliphatic rings. The molecule has 6 heteroatoms. The van der Waals surface area contributed by atoms with Gasteiger partial charge in [-0.1, -0.05) is 11.6 Å². The van der Waals surface area contributed by atoms with Crippen LogP contribution in [0.15, 0.2) is 12.1 Å². The largest absolute Gasteiger partial charge is 0.358 e. The molecule has 2 N–H and O–H groups in total. The minimum absolute atomic E-state index is 0.0379. The standard InChI is InChI=1S/C16H22N2O3S/c1-10-7-11(2)16-14(8-10)13(12(3)18-16)9-15(19)17-5-6-22(4,20)21/h7-8,18H,5-6,9H2,1-4H3,(H,17,19). The summed E-state index contributed by atoms with van der Waals surface area (Å²) in [6.45, 7) is 6.18. The van der Waals surface area contributed by atoms with Gasteiger partial charge in [0, 0.05) is 29.4 Å². The van der Waals surface area contributed by atoms with Gasteiger partial charge in [0.15, 0.2) is 0 Å². The highest BCUT2D eigenvalue weighted by Crippen LogP contribution is 2.26. The molecule has 2 aromatic rings. The van der Waals surface area contributed by atoms with Gasteiger partial charge in [-0.2, -0.15) is 0 Å². The number of carbonyl (C=O) groups excluding carboxylic acids is 1. The number of carbonyl (C=O) groups is 1. The van der Waals surface area contributed by atoms with Gasteiger partial charge in [-0.25, -0.2) is 8.42 Å². The maximum Gasteiger partial charge on any atom is 0.224 e. The number of aryl methyl sites for hydroxylation is 3. The summed E-state index contributed by atoms with van der Waals surface area (Å²) < 4.78 is 22.2. The van der Waals surface area contributed by atoms with E-state index in [2.05, 4.69) is 22.4 Å². The molecule has 120 valence electrons. The summed E-state index contributed by atoms with van der Waals surface area (Å²) in [7, 11) is -3.06. The van der Waals surface area contributed by atoms with E-state index in [0.717, 1.165) is 39.5 Å². The van der Waals surface area contributed by atoms with E-state index in [1.54, 1.807) is 0 Å². The van der Waals surface area contributed by atoms with E-state index in [0.29, 0.717) is 0 Å². The van der Waals surface area contributed by atoms with E-state index in [1.165, 1.54) is 0 Å². The van der Waals surface area contributed by atoms with Crippen molar-refractivity contribution in [3.05, 3.63) is 34.5 Å². The zero-order chi connectivity index (χ0) is 16.5. The van der Waals surface area contributed by atoms with Gasteiger partial charge in [0.2, 0.25) is 5.91 Å². The van der Waals surface area contributed by atoms with Crippen LogP contribution in [0.25, 0.3) is 10.9 Å². The summed E-state index contributed by atoms with van der Waals surface area (Å²) in [6.07, 6.45) is 1.41. The Hall–Kier alpha value is -1.82. The van der Waals surface area contributed by atoms with Crippen LogP contribution in [0.2, 0.25) is 0 Å². The summed E-state index contributed by atoms with van der Waals surface area (Å²) in [5.41, 5.74) is 5.31. The van der Waals surface area contributed by atoms with Crippen molar-refractivity contribution in [1.29, 1.82) is 0 Å². The molecule has 0 fully saturated rings. The van der Waals surface area contributed by atoms with Crippen LogP contribution in [0.1, 0.15) is 22.4 Å². The van der Waals surface area contributed by atoms with Gasteiger partial charge in [-0.05, 0) is 38.0 Å². The predicted octanol–water partition coefficient (Wildman–Crippen LogP) is 1.80. The molecule has 0 aliphatic heterocycles. The lowest BCUT2D eigenvalue weighted by molar-refractivity contribution is -0.120. The fourth-order valence-corrected chi connectivity index (χ4v) is 3.14. The molecule has 0 bridgehead atoms. The molecule has 0 unspecified atom stereocenters. The van der Waals surface area contributed by atoms with Gasteiger partial charge in [0.1, 0.15) is 9.84 Å². The number of hydrogen-bond donors (Lipinski definition) is 2. The summed E-state index contributed by atoms with van der Waals surface area (Å²) in [5.74, 6) is -0.198. The first kappa shape index (κ1) is 16.5. The first-order valence-electron chi connectivity index (χ1n) is 7.20. The third kappa shape index (κ3) is 3.88. The van der Waals surface area contributed by atoms with Crippen LogP contribution in [-0.2, 0) is 21.1 Å². The topological polar surface area (TPSA) is 79.0 Å². The molecule has 1 heterocycles. The Kier molecular flexibility index (Phi) is 4.60. The first-order valence-corrected chi connectivity index (χ1v) is 9.26. The molecule has 1 aromatic heterocycles. The van der Waals surface area contributed by atoms with Gasteiger partial charge in [0.25, 0.3) is 0 Å². The average Bonchev–Trinajstić information content (AvgIpc) is 2.66. The summed E-state index contributed by atoms with van der Waals surface area (Å²) >= 11 is 0. The molecule has 0 aliphatic carbocycles. The predicted molar refractivity (Wildman–Crippen MR) is 88.9 cm³/mol. The van der Waals surface area contributed by atoms with E-state index >= 15 is 0 Å². The van der Waals surface area contributed by atoms with Crippen molar-refractivity contribution in [3.63, 3.8) is 0 Å². The first-order chi connectivity index (χ1) is 10.2. The zero-order valence-electron chi connectivity index (χ0n) is 13.4. The lowest BCUT2D eigenvalue weighted by Crippen LogP contribution is -2.30. The Bertz CT molecular complexity index is 820. The third-order valence-corrected chi connectivity index (χ3v) is 4.65. The van der Waals surface area contributed by atoms with Crippen molar-refractivity contribution in [2.24, 2.45) is 0 Å². The maximum absolute atomic E-state index is 12.0. The van der Waals surface area contributed by atoms with Crippen molar-refractivity contribution in [3.8, 4) is 0 Å². The SMILES string of the molecule is Cc1cc(C)c2[nH]c(C)c(CC(=O)NCCS(C)(=O)=O)c2c1. The Morgan fingerprint density at radius 3 is 2.55 bits per heavy atom. The van der Waals surface area contributed by atoms with Gasteiger partial charge in [-0.3, -0.25) is 4.79 Å². The summed E-state index contributed by atoms with van der Waals surface area (Å²) in [6, 6.07) is 4.18. The third-order valence-electron chi connectivity index (χ3n) is 3.70. The smallest absolute Gasteiger partial charge is 0.224 e. The van der Waals surface area contributed by atoms with Gasteiger partial charge in [-0.15, -0.1) is 0 Å². The van der Waals surface area contributed by atoms with Crippen molar-refractivity contribution < 1.29 is 13.2 Å². The normalized spacial score (nSPS) is 11.8. The molecular formula is C16H22N2O3S. The Morgan fingerprint density at radius 1 is 1.23 bits per heavy atom. The lowest BCUT2D eigenvalue weighted by Gasteiger charge is -2.05. The minimum atomic E-state index is -3.06. The van der Waals surface area contributed by atoms with E-state index in [1.807, 2.05) is 20.8 Å². The van der Waals surface area contributed by atoms with Crippen molar-refractivity contribution in [1.82, 2.24) is 10.3 Å². The van der Waals surface area contributed by atoms with E-state index in [4.69, 9.17) is 0 Å². The molecule has 0 radical (unpaired) electrons. The van der Waals surface area contributed by atoms with Crippen LogP contribution < -0.4 is 5.32 Å². The second-order valence-corrected chi connectivity index (χ2v) is 8.15. The fourth-order valence-electron chi connectivity index (χ4n) is 2.66. The van der Waals surface area contributed by atoms with E-state index < -0.39 is 9.84 Å². The Labute approximate surface area is 131 Å². The van der Waals surface area contributed by atoms with Crippen molar-refractivity contribution >= 4 is 26.6 Å². The number of hydrogen-bond acceptors (Lipinski definition) is 3. The molecule has 0 spiro atoms. The molecule has 1 aromatic carbocycles. The van der Waals surface area contributed by atoms with Gasteiger partial charge in [0.05, 0.1) is 12.2 Å². The number of fused-ring (bicyclic) bond motifs is 1. The maximum atomic E-state index is 12.0. The molecule has 0 atom stereocenters. The van der Waals surface area contributed by atoms with Crippen molar-refractivity contribution in [2.45, 2.75) is 27.2 Å². The fraction of sp³-hybridized carbons (Fsp3) is 0.438. The highest BCUT2D eigenvalue weighted by molar-refractivity contribution is 7.90. The quantitative estimate of drug-likeness (QED) is 0.881. The average molecular weight is 322 g/mol. The highest BCUT2D eigenvalue weighted by Gasteiger charge is 2.14. The molecule has 0 saturated carbocycles. The number of H-pyrrole nitrogens is 1. The second-order valence-electron chi connectivity index (χ2n) is 5.89. The highest BCUT2D eigenvalue weighted by atomic mass is 32.2. The Balaban J connectivity index is 2.17. The second kappa shape index (κ2) is 6.12. The molecular weight excluding hydrogens is 300 g/mol. The van der Waals surface area contributed by atoms with Crippen LogP contribution in [0.4, 0.5) is 0 Å². The van der Waals surface area contributed by atoms with Crippen LogP contribution in [0, 0.1) is 20.8 Å². The van der Waals surface area contributed by atoms with Crippen molar-refractivity contribution in [2.75, 3.05) is 18.6 Å². The molecule has 2 rings (SSSR count). The number of rotatable bonds is 5. The zero-order valence-corrected chi connectivity index (χ0v) is 14.2. The minimum Gasteiger partial charge on any atom is -0.358 e. The monoisotopic (exact) mass is 322 g/mol. The number of aromatic amines is 1. The van der Waals surface area contributed by atoms with E-state index in [-0.39, 0.29) is 24.6 Å². The Morgan fingerprint density at radius 2 is 1.91 bits per heavy atom. The molecule has 5 nitrogen and oxygen atoms in total. The molecule has 22 heavy (non-hydrogen) atoms. The number of benzene rings is 1. The number of amides is 1. The number of nitrogens with one attached hydrogen (secondary N) is 2. The summed E-state index contributed by atoms with van der Waals surface area (Å²) in [4.78, 5) is 15.4. The van der Waals surface area contributed by atoms with Gasteiger partial charge >= 0.3 is 0 Å². The number of sulfone groups is 1. The molecule has 1 amide bonds. The van der Waals surface area contributed by atoms with Gasteiger partial charge < -0.3 is 10.3 Å². The van der Waals surface area contributed by atoms with Crippen LogP contribution in [0.5, 0.6) is 0 Å². The molecule has 0 saturated heterocycles. The van der Waals surface area contributed by atoms with Crippen LogP contribution in [-0.4, -0.2) is 37.9 Å².